The Morgan fingerprint density at radius 3 is 2.86 bits per heavy atom. The van der Waals surface area contributed by atoms with Crippen LogP contribution in [0.25, 0.3) is 10.2 Å². The van der Waals surface area contributed by atoms with E-state index < -0.39 is 16.1 Å². The number of rotatable bonds is 7. The van der Waals surface area contributed by atoms with Crippen LogP contribution >= 0.6 is 11.3 Å². The van der Waals surface area contributed by atoms with Crippen LogP contribution < -0.4 is 10.0 Å². The number of aromatic nitrogens is 1. The number of carbonyl (C=O) groups is 1. The summed E-state index contributed by atoms with van der Waals surface area (Å²) in [7, 11) is -4.03. The number of hydrogen-bond acceptors (Lipinski definition) is 7. The normalized spacial score (nSPS) is 20.2. The van der Waals surface area contributed by atoms with E-state index in [9.17, 15) is 18.3 Å². The molecule has 0 radical (unpaired) electrons. The van der Waals surface area contributed by atoms with E-state index in [1.165, 1.54) is 11.3 Å². The number of likely N-dealkylation sites (tertiary alicyclic amines) is 1. The molecule has 3 aromatic rings. The number of nitrogens with one attached hydrogen (secondary N) is 2. The number of sulfonamides is 1. The predicted octanol–water partition coefficient (Wildman–Crippen LogP) is 3.16. The van der Waals surface area contributed by atoms with Crippen molar-refractivity contribution in [2.24, 2.45) is 5.41 Å². The highest BCUT2D eigenvalue weighted by molar-refractivity contribution is 7.89. The standard InChI is InChI=1S/C26H32N4O4S2/c1-26(2)14-17-7-5-11-22(24(17)27-16-26)36(33,34)29-20(25(32)30-12-6-8-18(30)15-31)13-23-28-19-9-3-4-10-21(19)35-23/h3-5,7,9-11,18,20,27,29,31H,6,8,12-16H2,1-2H3/t18-,20+/m1/s1. The molecule has 0 spiro atoms. The van der Waals surface area contributed by atoms with Crippen molar-refractivity contribution in [2.75, 3.05) is 25.0 Å². The number of hydrogen-bond donors (Lipinski definition) is 3. The number of anilines is 1. The third-order valence-corrected chi connectivity index (χ3v) is 9.57. The SMILES string of the molecule is CC1(C)CNc2c(cccc2S(=O)(=O)N[C@@H](Cc2nc3ccccc3s2)C(=O)N2CCC[C@@H]2CO)C1. The summed E-state index contributed by atoms with van der Waals surface area (Å²) in [5.41, 5.74) is 2.39. The van der Waals surface area contributed by atoms with Crippen LogP contribution in [0.1, 0.15) is 37.3 Å². The molecule has 36 heavy (non-hydrogen) atoms. The summed E-state index contributed by atoms with van der Waals surface area (Å²) in [6.07, 6.45) is 2.39. The fourth-order valence-corrected chi connectivity index (χ4v) is 7.61. The van der Waals surface area contributed by atoms with Gasteiger partial charge in [0.1, 0.15) is 10.9 Å². The Morgan fingerprint density at radius 1 is 1.28 bits per heavy atom. The zero-order valence-corrected chi connectivity index (χ0v) is 22.2. The van der Waals surface area contributed by atoms with Crippen LogP contribution in [0.15, 0.2) is 47.4 Å². The number of fused-ring (bicyclic) bond motifs is 2. The van der Waals surface area contributed by atoms with Crippen molar-refractivity contribution in [2.45, 2.75) is 56.5 Å². The maximum atomic E-state index is 13.7. The van der Waals surface area contributed by atoms with Crippen molar-refractivity contribution in [3.8, 4) is 0 Å². The predicted molar refractivity (Wildman–Crippen MR) is 142 cm³/mol. The van der Waals surface area contributed by atoms with Gasteiger partial charge in [-0.15, -0.1) is 11.3 Å². The molecule has 1 saturated heterocycles. The molecule has 2 aliphatic heterocycles. The third-order valence-electron chi connectivity index (χ3n) is 7.00. The van der Waals surface area contributed by atoms with Gasteiger partial charge in [0, 0.05) is 19.5 Å². The summed E-state index contributed by atoms with van der Waals surface area (Å²) in [5, 5.41) is 13.8. The Bertz CT molecular complexity index is 1350. The number of aliphatic hydroxyl groups is 1. The van der Waals surface area contributed by atoms with Gasteiger partial charge >= 0.3 is 0 Å². The first-order chi connectivity index (χ1) is 17.2. The molecule has 2 aliphatic rings. The average Bonchev–Trinajstić information content (AvgIpc) is 3.48. The van der Waals surface area contributed by atoms with Crippen molar-refractivity contribution < 1.29 is 18.3 Å². The Morgan fingerprint density at radius 2 is 2.08 bits per heavy atom. The minimum Gasteiger partial charge on any atom is -0.394 e. The average molecular weight is 529 g/mol. The molecule has 1 fully saturated rings. The monoisotopic (exact) mass is 528 g/mol. The van der Waals surface area contributed by atoms with Crippen molar-refractivity contribution in [1.82, 2.24) is 14.6 Å². The molecular formula is C26H32N4O4S2. The van der Waals surface area contributed by atoms with Gasteiger partial charge < -0.3 is 15.3 Å². The number of benzene rings is 2. The van der Waals surface area contributed by atoms with Gasteiger partial charge in [0.2, 0.25) is 15.9 Å². The van der Waals surface area contributed by atoms with Gasteiger partial charge in [0.05, 0.1) is 33.6 Å². The molecule has 192 valence electrons. The number of carbonyl (C=O) groups excluding carboxylic acids is 1. The minimum atomic E-state index is -4.03. The van der Waals surface area contributed by atoms with Gasteiger partial charge in [0.15, 0.2) is 0 Å². The van der Waals surface area contributed by atoms with Gasteiger partial charge in [-0.3, -0.25) is 4.79 Å². The smallest absolute Gasteiger partial charge is 0.243 e. The number of aliphatic hydroxyl groups excluding tert-OH is 1. The second-order valence-corrected chi connectivity index (χ2v) is 13.2. The Kier molecular flexibility index (Phi) is 6.80. The zero-order valence-electron chi connectivity index (χ0n) is 20.5. The maximum Gasteiger partial charge on any atom is 0.243 e. The van der Waals surface area contributed by atoms with E-state index in [0.717, 1.165) is 28.6 Å². The lowest BCUT2D eigenvalue weighted by Gasteiger charge is -2.33. The lowest BCUT2D eigenvalue weighted by molar-refractivity contribution is -0.134. The van der Waals surface area contributed by atoms with Crippen LogP contribution in [0.2, 0.25) is 0 Å². The lowest BCUT2D eigenvalue weighted by Crippen LogP contribution is -2.51. The van der Waals surface area contributed by atoms with Gasteiger partial charge in [-0.25, -0.2) is 13.4 Å². The summed E-state index contributed by atoms with van der Waals surface area (Å²) >= 11 is 1.46. The number of thiazole rings is 1. The molecule has 5 rings (SSSR count). The summed E-state index contributed by atoms with van der Waals surface area (Å²) < 4.78 is 31.1. The van der Waals surface area contributed by atoms with E-state index in [0.29, 0.717) is 30.2 Å². The molecule has 2 atom stereocenters. The summed E-state index contributed by atoms with van der Waals surface area (Å²) in [6, 6.07) is 11.7. The first kappa shape index (κ1) is 25.1. The molecule has 2 aromatic carbocycles. The Balaban J connectivity index is 1.48. The van der Waals surface area contributed by atoms with Crippen LogP contribution in [0, 0.1) is 5.41 Å². The molecule has 3 heterocycles. The molecule has 0 aliphatic carbocycles. The van der Waals surface area contributed by atoms with E-state index in [1.54, 1.807) is 17.0 Å². The van der Waals surface area contributed by atoms with Crippen LogP contribution in [0.4, 0.5) is 5.69 Å². The maximum absolute atomic E-state index is 13.7. The second-order valence-electron chi connectivity index (χ2n) is 10.4. The van der Waals surface area contributed by atoms with Crippen LogP contribution in [0.3, 0.4) is 0 Å². The topological polar surface area (TPSA) is 112 Å². The fraction of sp³-hybridized carbons (Fsp3) is 0.462. The molecule has 10 heteroatoms. The van der Waals surface area contributed by atoms with Gasteiger partial charge in [-0.1, -0.05) is 38.1 Å². The van der Waals surface area contributed by atoms with Crippen molar-refractivity contribution in [3.05, 3.63) is 53.0 Å². The quantitative estimate of drug-likeness (QED) is 0.434. The van der Waals surface area contributed by atoms with Gasteiger partial charge in [-0.05, 0) is 48.4 Å². The van der Waals surface area contributed by atoms with E-state index in [-0.39, 0.29) is 35.3 Å². The first-order valence-corrected chi connectivity index (χ1v) is 14.6. The highest BCUT2D eigenvalue weighted by atomic mass is 32.2. The van der Waals surface area contributed by atoms with E-state index in [4.69, 9.17) is 0 Å². The zero-order chi connectivity index (χ0) is 25.5. The summed E-state index contributed by atoms with van der Waals surface area (Å²) in [4.78, 5) is 20.1. The molecule has 3 N–H and O–H groups in total. The Hall–Kier alpha value is -2.53. The van der Waals surface area contributed by atoms with E-state index >= 15 is 0 Å². The van der Waals surface area contributed by atoms with Crippen LogP contribution in [0.5, 0.6) is 0 Å². The number of para-hydroxylation sites is 2. The lowest BCUT2D eigenvalue weighted by atomic mass is 9.82. The molecule has 8 nitrogen and oxygen atoms in total. The largest absolute Gasteiger partial charge is 0.394 e. The van der Waals surface area contributed by atoms with Gasteiger partial charge in [0.25, 0.3) is 0 Å². The third kappa shape index (κ3) is 5.00. The van der Waals surface area contributed by atoms with Crippen molar-refractivity contribution >= 4 is 43.2 Å². The summed E-state index contributed by atoms with van der Waals surface area (Å²) in [5.74, 6) is -0.326. The van der Waals surface area contributed by atoms with Gasteiger partial charge in [-0.2, -0.15) is 4.72 Å². The summed E-state index contributed by atoms with van der Waals surface area (Å²) in [6.45, 7) is 5.30. The number of nitrogens with zero attached hydrogens (tertiary/aromatic N) is 2. The molecule has 1 amide bonds. The molecular weight excluding hydrogens is 496 g/mol. The fourth-order valence-electron chi connectivity index (χ4n) is 5.18. The first-order valence-electron chi connectivity index (χ1n) is 12.3. The highest BCUT2D eigenvalue weighted by Gasteiger charge is 2.37. The molecule has 0 bridgehead atoms. The van der Waals surface area contributed by atoms with E-state index in [1.807, 2.05) is 30.3 Å². The van der Waals surface area contributed by atoms with Crippen molar-refractivity contribution in [1.29, 1.82) is 0 Å². The Labute approximate surface area is 215 Å². The molecule has 0 unspecified atom stereocenters. The number of amides is 1. The molecule has 0 saturated carbocycles. The van der Waals surface area contributed by atoms with Crippen molar-refractivity contribution in [3.63, 3.8) is 0 Å². The molecule has 1 aromatic heterocycles. The van der Waals surface area contributed by atoms with Crippen LogP contribution in [-0.4, -0.2) is 61.1 Å². The van der Waals surface area contributed by atoms with Crippen LogP contribution in [-0.2, 0) is 27.7 Å². The second kappa shape index (κ2) is 9.74. The van der Waals surface area contributed by atoms with E-state index in [2.05, 4.69) is 28.9 Å². The highest BCUT2D eigenvalue weighted by Crippen LogP contribution is 2.36. The minimum absolute atomic E-state index is 0.0171.